The minimum Gasteiger partial charge on any atom is -0.508 e. The molecule has 2 atom stereocenters. The van der Waals surface area contributed by atoms with Crippen LogP contribution in [0.5, 0.6) is 5.75 Å². The number of hydrogen-bond acceptors (Lipinski definition) is 2. The summed E-state index contributed by atoms with van der Waals surface area (Å²) in [4.78, 5) is 0. The zero-order valence-corrected chi connectivity index (χ0v) is 12.3. The Morgan fingerprint density at radius 2 is 2.05 bits per heavy atom. The van der Waals surface area contributed by atoms with Crippen LogP contribution in [-0.2, 0) is 0 Å². The van der Waals surface area contributed by atoms with Crippen molar-refractivity contribution in [3.05, 3.63) is 23.8 Å². The van der Waals surface area contributed by atoms with Crippen LogP contribution in [0.4, 0.5) is 5.69 Å². The maximum atomic E-state index is 9.45. The Labute approximate surface area is 117 Å². The van der Waals surface area contributed by atoms with Crippen molar-refractivity contribution < 1.29 is 5.11 Å². The molecule has 1 saturated carbocycles. The maximum Gasteiger partial charge on any atom is 0.115 e. The van der Waals surface area contributed by atoms with Gasteiger partial charge in [0.25, 0.3) is 0 Å². The highest BCUT2D eigenvalue weighted by molar-refractivity contribution is 5.53. The van der Waals surface area contributed by atoms with Gasteiger partial charge in [-0.1, -0.05) is 32.6 Å². The third kappa shape index (κ3) is 4.15. The lowest BCUT2D eigenvalue weighted by Crippen LogP contribution is -2.19. The Morgan fingerprint density at radius 1 is 1.21 bits per heavy atom. The van der Waals surface area contributed by atoms with E-state index in [2.05, 4.69) is 19.2 Å². The summed E-state index contributed by atoms with van der Waals surface area (Å²) in [5.74, 6) is 1.30. The first kappa shape index (κ1) is 14.2. The second kappa shape index (κ2) is 6.83. The Balaban J connectivity index is 1.92. The SMILES string of the molecule is CCCC1CCCC(Nc2ccc(O)cc2C)CC1. The molecule has 1 aliphatic carbocycles. The second-order valence-corrected chi connectivity index (χ2v) is 6.00. The van der Waals surface area contributed by atoms with E-state index in [1.807, 2.05) is 12.1 Å². The van der Waals surface area contributed by atoms with Crippen LogP contribution < -0.4 is 5.32 Å². The summed E-state index contributed by atoms with van der Waals surface area (Å²) in [6, 6.07) is 6.20. The van der Waals surface area contributed by atoms with Crippen molar-refractivity contribution in [2.45, 2.75) is 64.8 Å². The molecule has 0 radical (unpaired) electrons. The number of phenolic OH excluding ortho intramolecular Hbond substituents is 1. The summed E-state index contributed by atoms with van der Waals surface area (Å²) in [5, 5.41) is 13.1. The van der Waals surface area contributed by atoms with Crippen molar-refractivity contribution in [3.8, 4) is 5.75 Å². The average molecular weight is 261 g/mol. The van der Waals surface area contributed by atoms with E-state index in [0.717, 1.165) is 11.5 Å². The summed E-state index contributed by atoms with van der Waals surface area (Å²) in [6.07, 6.45) is 9.39. The predicted octanol–water partition coefficient (Wildman–Crippen LogP) is 4.86. The lowest BCUT2D eigenvalue weighted by Gasteiger charge is -2.19. The van der Waals surface area contributed by atoms with Crippen molar-refractivity contribution in [1.82, 2.24) is 0 Å². The molecule has 1 fully saturated rings. The highest BCUT2D eigenvalue weighted by atomic mass is 16.3. The van der Waals surface area contributed by atoms with E-state index in [1.54, 1.807) is 6.07 Å². The summed E-state index contributed by atoms with van der Waals surface area (Å²) in [5.41, 5.74) is 2.31. The number of nitrogens with one attached hydrogen (secondary N) is 1. The van der Waals surface area contributed by atoms with Crippen LogP contribution in [0, 0.1) is 12.8 Å². The third-order valence-corrected chi connectivity index (χ3v) is 4.35. The number of aromatic hydroxyl groups is 1. The van der Waals surface area contributed by atoms with Crippen LogP contribution in [0.1, 0.15) is 57.4 Å². The van der Waals surface area contributed by atoms with Gasteiger partial charge >= 0.3 is 0 Å². The minimum absolute atomic E-state index is 0.354. The van der Waals surface area contributed by atoms with Crippen LogP contribution in [0.15, 0.2) is 18.2 Å². The summed E-state index contributed by atoms with van der Waals surface area (Å²) < 4.78 is 0. The van der Waals surface area contributed by atoms with Crippen molar-refractivity contribution in [2.75, 3.05) is 5.32 Å². The zero-order chi connectivity index (χ0) is 13.7. The fourth-order valence-electron chi connectivity index (χ4n) is 3.25. The molecule has 1 aliphatic rings. The average Bonchev–Trinajstić information content (AvgIpc) is 2.59. The molecular formula is C17H27NO. The van der Waals surface area contributed by atoms with E-state index >= 15 is 0 Å². The summed E-state index contributed by atoms with van der Waals surface area (Å²) in [7, 11) is 0. The Kier molecular flexibility index (Phi) is 5.12. The Hall–Kier alpha value is -1.18. The van der Waals surface area contributed by atoms with E-state index in [9.17, 15) is 5.11 Å². The summed E-state index contributed by atoms with van der Waals surface area (Å²) in [6.45, 7) is 4.35. The topological polar surface area (TPSA) is 32.3 Å². The normalized spacial score (nSPS) is 23.9. The van der Waals surface area contributed by atoms with Gasteiger partial charge in [0.2, 0.25) is 0 Å². The first-order valence-corrected chi connectivity index (χ1v) is 7.75. The quantitative estimate of drug-likeness (QED) is 0.599. The molecule has 2 heteroatoms. The molecule has 2 rings (SSSR count). The zero-order valence-electron chi connectivity index (χ0n) is 12.3. The smallest absolute Gasteiger partial charge is 0.115 e. The largest absolute Gasteiger partial charge is 0.508 e. The number of aryl methyl sites for hydroxylation is 1. The van der Waals surface area contributed by atoms with Crippen molar-refractivity contribution in [2.24, 2.45) is 5.92 Å². The van der Waals surface area contributed by atoms with Gasteiger partial charge in [-0.05, 0) is 55.9 Å². The van der Waals surface area contributed by atoms with Gasteiger partial charge in [0.15, 0.2) is 0 Å². The van der Waals surface area contributed by atoms with Crippen molar-refractivity contribution in [1.29, 1.82) is 0 Å². The van der Waals surface area contributed by atoms with Crippen LogP contribution in [-0.4, -0.2) is 11.1 Å². The molecule has 0 amide bonds. The molecule has 0 bridgehead atoms. The van der Waals surface area contributed by atoms with Crippen LogP contribution in [0.3, 0.4) is 0 Å². The Morgan fingerprint density at radius 3 is 2.79 bits per heavy atom. The van der Waals surface area contributed by atoms with Crippen LogP contribution >= 0.6 is 0 Å². The van der Waals surface area contributed by atoms with E-state index in [1.165, 1.54) is 50.6 Å². The molecule has 0 saturated heterocycles. The van der Waals surface area contributed by atoms with Gasteiger partial charge in [-0.15, -0.1) is 0 Å². The molecule has 1 aromatic carbocycles. The molecule has 0 spiro atoms. The standard InChI is InChI=1S/C17H27NO/c1-3-5-14-6-4-7-15(9-8-14)18-17-11-10-16(19)12-13(17)2/h10-12,14-15,18-19H,3-9H2,1-2H3. The highest BCUT2D eigenvalue weighted by Gasteiger charge is 2.18. The molecule has 1 aromatic rings. The maximum absolute atomic E-state index is 9.45. The van der Waals surface area contributed by atoms with Gasteiger partial charge in [-0.25, -0.2) is 0 Å². The predicted molar refractivity (Wildman–Crippen MR) is 81.7 cm³/mol. The molecule has 0 aromatic heterocycles. The number of benzene rings is 1. The molecule has 106 valence electrons. The molecule has 0 heterocycles. The molecular weight excluding hydrogens is 234 g/mol. The van der Waals surface area contributed by atoms with Crippen LogP contribution in [0.25, 0.3) is 0 Å². The first-order chi connectivity index (χ1) is 9.19. The van der Waals surface area contributed by atoms with Gasteiger partial charge in [0.05, 0.1) is 0 Å². The lowest BCUT2D eigenvalue weighted by molar-refractivity contribution is 0.422. The van der Waals surface area contributed by atoms with Gasteiger partial charge < -0.3 is 10.4 Å². The fourth-order valence-corrected chi connectivity index (χ4v) is 3.25. The van der Waals surface area contributed by atoms with Gasteiger partial charge in [-0.3, -0.25) is 0 Å². The minimum atomic E-state index is 0.354. The number of anilines is 1. The number of phenols is 1. The molecule has 2 nitrogen and oxygen atoms in total. The van der Waals surface area contributed by atoms with E-state index in [-0.39, 0.29) is 0 Å². The number of hydrogen-bond donors (Lipinski definition) is 2. The van der Waals surface area contributed by atoms with Gasteiger partial charge in [-0.2, -0.15) is 0 Å². The molecule has 2 unspecified atom stereocenters. The van der Waals surface area contributed by atoms with E-state index in [0.29, 0.717) is 11.8 Å². The van der Waals surface area contributed by atoms with Crippen molar-refractivity contribution >= 4 is 5.69 Å². The highest BCUT2D eigenvalue weighted by Crippen LogP contribution is 2.29. The molecule has 19 heavy (non-hydrogen) atoms. The molecule has 0 aliphatic heterocycles. The van der Waals surface area contributed by atoms with E-state index in [4.69, 9.17) is 0 Å². The fraction of sp³-hybridized carbons (Fsp3) is 0.647. The second-order valence-electron chi connectivity index (χ2n) is 6.00. The van der Waals surface area contributed by atoms with Gasteiger partial charge in [0, 0.05) is 11.7 Å². The summed E-state index contributed by atoms with van der Waals surface area (Å²) >= 11 is 0. The van der Waals surface area contributed by atoms with E-state index < -0.39 is 0 Å². The first-order valence-electron chi connectivity index (χ1n) is 7.75. The molecule has 2 N–H and O–H groups in total. The number of rotatable bonds is 4. The van der Waals surface area contributed by atoms with Gasteiger partial charge in [0.1, 0.15) is 5.75 Å². The Bertz CT molecular complexity index is 402. The van der Waals surface area contributed by atoms with Crippen LogP contribution in [0.2, 0.25) is 0 Å². The monoisotopic (exact) mass is 261 g/mol. The lowest BCUT2D eigenvalue weighted by atomic mass is 9.95. The van der Waals surface area contributed by atoms with Crippen molar-refractivity contribution in [3.63, 3.8) is 0 Å². The third-order valence-electron chi connectivity index (χ3n) is 4.35.